The van der Waals surface area contributed by atoms with Crippen LogP contribution in [0.15, 0.2) is 109 Å². The topological polar surface area (TPSA) is 9.23 Å². The molecule has 0 aliphatic rings. The van der Waals surface area contributed by atoms with E-state index in [9.17, 15) is 0 Å². The van der Waals surface area contributed by atoms with Crippen molar-refractivity contribution in [1.82, 2.24) is 0 Å². The smallest absolute Gasteiger partial charge is 0.119 e. The lowest BCUT2D eigenvalue weighted by atomic mass is 10.1. The van der Waals surface area contributed by atoms with Gasteiger partial charge in [0.1, 0.15) is 12.4 Å². The van der Waals surface area contributed by atoms with Crippen molar-refractivity contribution >= 4 is 10.8 Å². The van der Waals surface area contributed by atoms with Crippen molar-refractivity contribution in [3.63, 3.8) is 0 Å². The van der Waals surface area contributed by atoms with Crippen molar-refractivity contribution in [2.75, 3.05) is 0 Å². The molecule has 0 aliphatic carbocycles. The van der Waals surface area contributed by atoms with Gasteiger partial charge in [0.15, 0.2) is 0 Å². The van der Waals surface area contributed by atoms with Crippen LogP contribution in [0.1, 0.15) is 47.1 Å². The van der Waals surface area contributed by atoms with Gasteiger partial charge in [-0.3, -0.25) is 0 Å². The molecule has 0 spiro atoms. The molecule has 30 heavy (non-hydrogen) atoms. The fraction of sp³-hybridized carbons (Fsp3) is 0.241. The average molecular weight is 403 g/mol. The Morgan fingerprint density at radius 3 is 1.17 bits per heavy atom. The Bertz CT molecular complexity index is 750. The minimum atomic E-state index is 0.630. The normalized spacial score (nSPS) is 8.47. The number of ether oxygens (including phenoxy) is 1. The zero-order valence-electron chi connectivity index (χ0n) is 19.5. The van der Waals surface area contributed by atoms with Crippen LogP contribution in [-0.2, 0) is 6.61 Å². The van der Waals surface area contributed by atoms with E-state index in [1.54, 1.807) is 0 Å². The van der Waals surface area contributed by atoms with E-state index in [0.717, 1.165) is 5.75 Å². The molecule has 0 radical (unpaired) electrons. The molecule has 4 rings (SSSR count). The molecule has 0 N–H and O–H groups in total. The van der Waals surface area contributed by atoms with Crippen LogP contribution < -0.4 is 4.74 Å². The van der Waals surface area contributed by atoms with Gasteiger partial charge < -0.3 is 4.74 Å². The zero-order chi connectivity index (χ0) is 22.5. The van der Waals surface area contributed by atoms with Crippen molar-refractivity contribution in [3.05, 3.63) is 115 Å². The van der Waals surface area contributed by atoms with Gasteiger partial charge >= 0.3 is 0 Å². The van der Waals surface area contributed by atoms with Crippen LogP contribution in [0.3, 0.4) is 0 Å². The van der Waals surface area contributed by atoms with Crippen molar-refractivity contribution < 1.29 is 4.74 Å². The molecular formula is C29H38O. The molecule has 0 aliphatic heterocycles. The predicted molar refractivity (Wildman–Crippen MR) is 135 cm³/mol. The number of hydrogen-bond acceptors (Lipinski definition) is 1. The summed E-state index contributed by atoms with van der Waals surface area (Å²) in [6.45, 7) is 12.6. The summed E-state index contributed by atoms with van der Waals surface area (Å²) in [5, 5.41) is 2.62. The molecule has 0 unspecified atom stereocenters. The second kappa shape index (κ2) is 19.3. The first-order valence-electron chi connectivity index (χ1n) is 11.1. The lowest BCUT2D eigenvalue weighted by Gasteiger charge is -2.05. The second-order valence-corrected chi connectivity index (χ2v) is 5.43. The maximum absolute atomic E-state index is 5.59. The second-order valence-electron chi connectivity index (χ2n) is 5.43. The molecule has 0 fully saturated rings. The lowest BCUT2D eigenvalue weighted by molar-refractivity contribution is 0.306. The molecule has 0 saturated carbocycles. The first-order chi connectivity index (χ1) is 14.9. The van der Waals surface area contributed by atoms with Gasteiger partial charge in [0.05, 0.1) is 0 Å². The van der Waals surface area contributed by atoms with E-state index in [0.29, 0.717) is 6.61 Å². The van der Waals surface area contributed by atoms with Gasteiger partial charge in [-0.25, -0.2) is 0 Å². The van der Waals surface area contributed by atoms with Crippen LogP contribution in [0.5, 0.6) is 5.75 Å². The molecule has 160 valence electrons. The highest BCUT2D eigenvalue weighted by molar-refractivity contribution is 5.82. The quantitative estimate of drug-likeness (QED) is 0.332. The molecule has 0 heterocycles. The number of rotatable bonds is 3. The van der Waals surface area contributed by atoms with Gasteiger partial charge in [-0.1, -0.05) is 139 Å². The molecule has 0 amide bonds. The van der Waals surface area contributed by atoms with Gasteiger partial charge in [0, 0.05) is 0 Å². The Hall–Kier alpha value is -3.06. The van der Waals surface area contributed by atoms with Crippen molar-refractivity contribution in [2.24, 2.45) is 0 Å². The predicted octanol–water partition coefficient (Wildman–Crippen LogP) is 9.18. The molecule has 1 heteroatoms. The summed E-state index contributed by atoms with van der Waals surface area (Å²) >= 11 is 0. The van der Waals surface area contributed by atoms with Crippen LogP contribution in [0.25, 0.3) is 10.8 Å². The van der Waals surface area contributed by atoms with E-state index in [2.05, 4.69) is 60.7 Å². The number of benzene rings is 4. The Morgan fingerprint density at radius 2 is 0.767 bits per heavy atom. The fourth-order valence-electron chi connectivity index (χ4n) is 2.39. The maximum Gasteiger partial charge on any atom is 0.119 e. The van der Waals surface area contributed by atoms with Crippen LogP contribution in [0, 0.1) is 0 Å². The molecule has 0 saturated heterocycles. The fourth-order valence-corrected chi connectivity index (χ4v) is 2.39. The highest BCUT2D eigenvalue weighted by atomic mass is 16.5. The van der Waals surface area contributed by atoms with Gasteiger partial charge in [-0.2, -0.15) is 0 Å². The highest BCUT2D eigenvalue weighted by Gasteiger charge is 1.92. The van der Waals surface area contributed by atoms with E-state index in [4.69, 9.17) is 4.74 Å². The van der Waals surface area contributed by atoms with Crippen LogP contribution in [0.2, 0.25) is 0 Å². The van der Waals surface area contributed by atoms with E-state index in [-0.39, 0.29) is 0 Å². The average Bonchev–Trinajstić information content (AvgIpc) is 2.88. The van der Waals surface area contributed by atoms with E-state index in [1.165, 1.54) is 16.3 Å². The molecule has 0 bridgehead atoms. The van der Waals surface area contributed by atoms with E-state index in [1.807, 2.05) is 90.1 Å². The van der Waals surface area contributed by atoms with E-state index >= 15 is 0 Å². The third-order valence-corrected chi connectivity index (χ3v) is 3.65. The van der Waals surface area contributed by atoms with Gasteiger partial charge in [0.25, 0.3) is 0 Å². The van der Waals surface area contributed by atoms with Crippen LogP contribution >= 0.6 is 0 Å². The zero-order valence-corrected chi connectivity index (χ0v) is 19.5. The lowest BCUT2D eigenvalue weighted by Crippen LogP contribution is -1.94. The highest BCUT2D eigenvalue weighted by Crippen LogP contribution is 2.12. The Balaban J connectivity index is 0.000000462. The van der Waals surface area contributed by atoms with Gasteiger partial charge in [-0.15, -0.1) is 0 Å². The minimum Gasteiger partial charge on any atom is -0.489 e. The first kappa shape index (κ1) is 26.9. The summed E-state index contributed by atoms with van der Waals surface area (Å²) in [6.07, 6.45) is 0. The molecule has 4 aromatic carbocycles. The summed E-state index contributed by atoms with van der Waals surface area (Å²) in [5.74, 6) is 0.913. The number of hydrogen-bond donors (Lipinski definition) is 0. The minimum absolute atomic E-state index is 0.630. The Labute approximate surface area is 184 Å². The summed E-state index contributed by atoms with van der Waals surface area (Å²) in [4.78, 5) is 0. The molecule has 1 nitrogen and oxygen atoms in total. The van der Waals surface area contributed by atoms with Gasteiger partial charge in [-0.05, 0) is 28.5 Å². The van der Waals surface area contributed by atoms with Crippen LogP contribution in [-0.4, -0.2) is 0 Å². The van der Waals surface area contributed by atoms with Crippen LogP contribution in [0.4, 0.5) is 0 Å². The standard InChI is InChI=1S/C13H12O.C10H8.3C2H6/c1-3-7-12(8-4-1)11-14-13-9-5-2-6-10-13;1-2-6-10-8-4-3-7-9(10)5-1;3*1-2/h1-10H,11H2;1-8H;3*1-2H3. The molecule has 0 aromatic heterocycles. The SMILES string of the molecule is CC.CC.CC.c1ccc(COc2ccccc2)cc1.c1ccc2ccccc2c1. The monoisotopic (exact) mass is 402 g/mol. The van der Waals surface area contributed by atoms with Gasteiger partial charge in [0.2, 0.25) is 0 Å². The summed E-state index contributed by atoms with van der Waals surface area (Å²) in [7, 11) is 0. The largest absolute Gasteiger partial charge is 0.489 e. The first-order valence-corrected chi connectivity index (χ1v) is 11.1. The molecular weight excluding hydrogens is 364 g/mol. The summed E-state index contributed by atoms with van der Waals surface area (Å²) in [6, 6.07) is 36.7. The Morgan fingerprint density at radius 1 is 0.433 bits per heavy atom. The van der Waals surface area contributed by atoms with Crippen molar-refractivity contribution in [1.29, 1.82) is 0 Å². The molecule has 4 aromatic rings. The van der Waals surface area contributed by atoms with E-state index < -0.39 is 0 Å². The van der Waals surface area contributed by atoms with Crippen molar-refractivity contribution in [3.8, 4) is 5.75 Å². The summed E-state index contributed by atoms with van der Waals surface area (Å²) < 4.78 is 5.59. The third-order valence-electron chi connectivity index (χ3n) is 3.65. The third kappa shape index (κ3) is 11.1. The Kier molecular flexibility index (Phi) is 17.3. The number of para-hydroxylation sites is 1. The van der Waals surface area contributed by atoms with Crippen molar-refractivity contribution in [2.45, 2.75) is 48.1 Å². The summed E-state index contributed by atoms with van der Waals surface area (Å²) in [5.41, 5.74) is 1.19. The maximum atomic E-state index is 5.59. The number of fused-ring (bicyclic) bond motifs is 1. The molecule has 0 atom stereocenters.